The van der Waals surface area contributed by atoms with Gasteiger partial charge in [0.1, 0.15) is 0 Å². The van der Waals surface area contributed by atoms with E-state index in [4.69, 9.17) is 5.11 Å². The minimum absolute atomic E-state index is 0.0351. The molecule has 102 valence electrons. The van der Waals surface area contributed by atoms with Gasteiger partial charge in [-0.15, -0.1) is 0 Å². The molecule has 1 aliphatic carbocycles. The number of hydrogen-bond acceptors (Lipinski definition) is 2. The third-order valence-electron chi connectivity index (χ3n) is 3.75. The lowest BCUT2D eigenvalue weighted by Crippen LogP contribution is -2.50. The Labute approximate surface area is 101 Å². The molecule has 0 bridgehead atoms. The first-order chi connectivity index (χ1) is 7.93. The maximum Gasteiger partial charge on any atom is 0.391 e. The molecule has 0 spiro atoms. The van der Waals surface area contributed by atoms with E-state index in [1.807, 2.05) is 6.92 Å². The second kappa shape index (κ2) is 6.05. The lowest BCUT2D eigenvalue weighted by Gasteiger charge is -2.41. The summed E-state index contributed by atoms with van der Waals surface area (Å²) >= 11 is 0. The van der Waals surface area contributed by atoms with Gasteiger partial charge in [-0.3, -0.25) is 0 Å². The number of hydrogen-bond donors (Lipinski definition) is 2. The van der Waals surface area contributed by atoms with Gasteiger partial charge in [0, 0.05) is 12.1 Å². The number of aliphatic hydroxyl groups excluding tert-OH is 1. The Kier molecular flexibility index (Phi) is 5.25. The molecular weight excluding hydrogens is 231 g/mol. The van der Waals surface area contributed by atoms with Crippen molar-refractivity contribution < 1.29 is 18.3 Å². The summed E-state index contributed by atoms with van der Waals surface area (Å²) in [6, 6.07) is 0. The SMILES string of the molecule is CCCNC1(CCO)CCC(C(F)(F)F)CC1. The number of rotatable bonds is 5. The second-order valence-corrected chi connectivity index (χ2v) is 5.00. The van der Waals surface area contributed by atoms with Crippen molar-refractivity contribution in [3.05, 3.63) is 0 Å². The molecule has 1 saturated carbocycles. The predicted molar refractivity (Wildman–Crippen MR) is 60.7 cm³/mol. The van der Waals surface area contributed by atoms with Crippen LogP contribution in [0.1, 0.15) is 45.4 Å². The topological polar surface area (TPSA) is 32.3 Å². The third kappa shape index (κ3) is 4.14. The minimum atomic E-state index is -4.06. The van der Waals surface area contributed by atoms with Crippen LogP contribution in [0.3, 0.4) is 0 Å². The van der Waals surface area contributed by atoms with E-state index in [1.165, 1.54) is 0 Å². The molecule has 2 nitrogen and oxygen atoms in total. The van der Waals surface area contributed by atoms with Crippen molar-refractivity contribution >= 4 is 0 Å². The largest absolute Gasteiger partial charge is 0.396 e. The Bertz CT molecular complexity index is 222. The summed E-state index contributed by atoms with van der Waals surface area (Å²) in [6.45, 7) is 2.87. The quantitative estimate of drug-likeness (QED) is 0.789. The molecule has 0 amide bonds. The fraction of sp³-hybridized carbons (Fsp3) is 1.00. The van der Waals surface area contributed by atoms with Crippen molar-refractivity contribution in [1.29, 1.82) is 0 Å². The summed E-state index contributed by atoms with van der Waals surface area (Å²) < 4.78 is 37.7. The van der Waals surface area contributed by atoms with Crippen LogP contribution in [0.15, 0.2) is 0 Å². The highest BCUT2D eigenvalue weighted by molar-refractivity contribution is 4.93. The van der Waals surface area contributed by atoms with Gasteiger partial charge in [-0.1, -0.05) is 6.92 Å². The van der Waals surface area contributed by atoms with Gasteiger partial charge in [0.15, 0.2) is 0 Å². The summed E-state index contributed by atoms with van der Waals surface area (Å²) in [5.41, 5.74) is -0.271. The lowest BCUT2D eigenvalue weighted by molar-refractivity contribution is -0.185. The van der Waals surface area contributed by atoms with Gasteiger partial charge >= 0.3 is 6.18 Å². The molecule has 1 aliphatic rings. The van der Waals surface area contributed by atoms with Crippen LogP contribution in [0.5, 0.6) is 0 Å². The summed E-state index contributed by atoms with van der Waals surface area (Å²) in [4.78, 5) is 0. The van der Waals surface area contributed by atoms with Crippen LogP contribution < -0.4 is 5.32 Å². The van der Waals surface area contributed by atoms with Crippen LogP contribution in [-0.4, -0.2) is 30.0 Å². The monoisotopic (exact) mass is 253 g/mol. The van der Waals surface area contributed by atoms with Crippen LogP contribution in [0.4, 0.5) is 13.2 Å². The smallest absolute Gasteiger partial charge is 0.391 e. The van der Waals surface area contributed by atoms with E-state index in [0.717, 1.165) is 13.0 Å². The molecule has 0 atom stereocenters. The molecule has 0 unspecified atom stereocenters. The first kappa shape index (κ1) is 14.8. The molecule has 2 N–H and O–H groups in total. The first-order valence-electron chi connectivity index (χ1n) is 6.36. The molecule has 0 aromatic carbocycles. The van der Waals surface area contributed by atoms with Gasteiger partial charge in [-0.2, -0.15) is 13.2 Å². The van der Waals surface area contributed by atoms with Gasteiger partial charge in [-0.05, 0) is 45.1 Å². The highest BCUT2D eigenvalue weighted by Gasteiger charge is 2.45. The average molecular weight is 253 g/mol. The Morgan fingerprint density at radius 1 is 1.29 bits per heavy atom. The molecule has 0 heterocycles. The molecule has 1 fully saturated rings. The number of halogens is 3. The molecule has 0 aromatic heterocycles. The van der Waals surface area contributed by atoms with Gasteiger partial charge in [-0.25, -0.2) is 0 Å². The highest BCUT2D eigenvalue weighted by atomic mass is 19.4. The molecule has 0 aliphatic heterocycles. The number of aliphatic hydroxyl groups is 1. The molecule has 0 aromatic rings. The van der Waals surface area contributed by atoms with Crippen molar-refractivity contribution in [1.82, 2.24) is 5.32 Å². The zero-order valence-corrected chi connectivity index (χ0v) is 10.3. The Balaban J connectivity index is 2.54. The van der Waals surface area contributed by atoms with Crippen LogP contribution in [0.2, 0.25) is 0 Å². The molecule has 1 rings (SSSR count). The maximum atomic E-state index is 12.6. The van der Waals surface area contributed by atoms with Crippen LogP contribution in [0, 0.1) is 5.92 Å². The zero-order chi connectivity index (χ0) is 12.9. The predicted octanol–water partition coefficient (Wildman–Crippen LogP) is 2.86. The molecular formula is C12H22F3NO. The summed E-state index contributed by atoms with van der Waals surface area (Å²) in [7, 11) is 0. The number of alkyl halides is 3. The number of nitrogens with one attached hydrogen (secondary N) is 1. The molecule has 5 heteroatoms. The highest BCUT2D eigenvalue weighted by Crippen LogP contribution is 2.42. The van der Waals surface area contributed by atoms with Crippen molar-refractivity contribution in [3.63, 3.8) is 0 Å². The van der Waals surface area contributed by atoms with E-state index in [2.05, 4.69) is 5.32 Å². The van der Waals surface area contributed by atoms with E-state index in [0.29, 0.717) is 19.3 Å². The van der Waals surface area contributed by atoms with E-state index in [1.54, 1.807) is 0 Å². The van der Waals surface area contributed by atoms with Crippen molar-refractivity contribution in [2.24, 2.45) is 5.92 Å². The van der Waals surface area contributed by atoms with Crippen molar-refractivity contribution in [2.75, 3.05) is 13.2 Å². The first-order valence-corrected chi connectivity index (χ1v) is 6.36. The van der Waals surface area contributed by atoms with E-state index in [9.17, 15) is 13.2 Å². The fourth-order valence-corrected chi connectivity index (χ4v) is 2.62. The van der Waals surface area contributed by atoms with E-state index in [-0.39, 0.29) is 25.0 Å². The maximum absolute atomic E-state index is 12.6. The molecule has 0 radical (unpaired) electrons. The van der Waals surface area contributed by atoms with Crippen LogP contribution >= 0.6 is 0 Å². The van der Waals surface area contributed by atoms with Crippen molar-refractivity contribution in [3.8, 4) is 0 Å². The minimum Gasteiger partial charge on any atom is -0.396 e. The van der Waals surface area contributed by atoms with Gasteiger partial charge < -0.3 is 10.4 Å². The Hall–Kier alpha value is -0.290. The molecule has 0 saturated heterocycles. The second-order valence-electron chi connectivity index (χ2n) is 5.00. The van der Waals surface area contributed by atoms with Gasteiger partial charge in [0.25, 0.3) is 0 Å². The summed E-state index contributed by atoms with van der Waals surface area (Å²) in [5.74, 6) is -1.15. The van der Waals surface area contributed by atoms with Crippen molar-refractivity contribution in [2.45, 2.75) is 57.2 Å². The standard InChI is InChI=1S/C12H22F3NO/c1-2-8-16-11(7-9-17)5-3-10(4-6-11)12(13,14)15/h10,16-17H,2-9H2,1H3. The summed E-state index contributed by atoms with van der Waals surface area (Å²) in [5, 5.41) is 12.4. The van der Waals surface area contributed by atoms with Gasteiger partial charge in [0.2, 0.25) is 0 Å². The van der Waals surface area contributed by atoms with Crippen LogP contribution in [0.25, 0.3) is 0 Å². The van der Waals surface area contributed by atoms with Crippen LogP contribution in [-0.2, 0) is 0 Å². The fourth-order valence-electron chi connectivity index (χ4n) is 2.62. The third-order valence-corrected chi connectivity index (χ3v) is 3.75. The van der Waals surface area contributed by atoms with E-state index >= 15 is 0 Å². The summed E-state index contributed by atoms with van der Waals surface area (Å²) in [6.07, 6.45) is -1.17. The Morgan fingerprint density at radius 2 is 1.88 bits per heavy atom. The van der Waals surface area contributed by atoms with Gasteiger partial charge in [0.05, 0.1) is 5.92 Å². The normalized spacial score (nSPS) is 30.5. The average Bonchev–Trinajstić information content (AvgIpc) is 2.26. The molecule has 17 heavy (non-hydrogen) atoms. The lowest BCUT2D eigenvalue weighted by atomic mass is 9.74. The van der Waals surface area contributed by atoms with E-state index < -0.39 is 12.1 Å². The zero-order valence-electron chi connectivity index (χ0n) is 10.3. The Morgan fingerprint density at radius 3 is 2.29 bits per heavy atom.